The SMILES string of the molecule is Cn1cc2c3cc(C(=O)NCCOCCOCCNC(=O)COc4cccc5c4C(=O)N(C4CCC(=O)NC4=O)C5=O)ccc3n(-c3ccc(C(F)(F)F)cc3)c2n1. The Kier molecular flexibility index (Phi) is 11.3. The van der Waals surface area contributed by atoms with Gasteiger partial charge in [-0.15, -0.1) is 0 Å². The van der Waals surface area contributed by atoms with E-state index >= 15 is 0 Å². The van der Waals surface area contributed by atoms with Crippen molar-refractivity contribution in [1.29, 1.82) is 0 Å². The van der Waals surface area contributed by atoms with Crippen LogP contribution >= 0.6 is 0 Å². The van der Waals surface area contributed by atoms with Crippen molar-refractivity contribution in [2.45, 2.75) is 25.1 Å². The minimum atomic E-state index is -4.46. The smallest absolute Gasteiger partial charge is 0.416 e. The third-order valence-corrected chi connectivity index (χ3v) is 9.52. The highest BCUT2D eigenvalue weighted by Gasteiger charge is 2.46. The van der Waals surface area contributed by atoms with E-state index in [2.05, 4.69) is 21.0 Å². The number of imide groups is 2. The highest BCUT2D eigenvalue weighted by Crippen LogP contribution is 2.35. The molecule has 1 saturated heterocycles. The molecule has 302 valence electrons. The van der Waals surface area contributed by atoms with Crippen molar-refractivity contribution >= 4 is 57.4 Å². The Morgan fingerprint density at radius 3 is 2.33 bits per heavy atom. The molecule has 1 unspecified atom stereocenters. The quantitative estimate of drug-likeness (QED) is 0.105. The molecule has 0 spiro atoms. The first-order valence-electron chi connectivity index (χ1n) is 18.1. The molecule has 0 saturated carbocycles. The number of rotatable bonds is 15. The zero-order valence-corrected chi connectivity index (χ0v) is 30.9. The Hall–Kier alpha value is -6.60. The molecule has 5 aromatic rings. The molecule has 16 nitrogen and oxygen atoms in total. The summed E-state index contributed by atoms with van der Waals surface area (Å²) in [6.07, 6.45) is -2.68. The number of piperidine rings is 1. The van der Waals surface area contributed by atoms with Gasteiger partial charge in [-0.25, -0.2) is 0 Å². The molecule has 6 amide bonds. The highest BCUT2D eigenvalue weighted by molar-refractivity contribution is 6.24. The molecule has 3 N–H and O–H groups in total. The number of hydrogen-bond donors (Lipinski definition) is 3. The van der Waals surface area contributed by atoms with Crippen molar-refractivity contribution in [3.8, 4) is 11.4 Å². The second kappa shape index (κ2) is 16.5. The first-order chi connectivity index (χ1) is 27.8. The molecule has 19 heteroatoms. The van der Waals surface area contributed by atoms with Crippen LogP contribution in [0.15, 0.2) is 66.9 Å². The Labute approximate surface area is 327 Å². The van der Waals surface area contributed by atoms with E-state index in [0.29, 0.717) is 27.8 Å². The number of benzene rings is 3. The number of aryl methyl sites for hydroxylation is 1. The number of ether oxygens (including phenoxy) is 3. The highest BCUT2D eigenvalue weighted by atomic mass is 19.4. The summed E-state index contributed by atoms with van der Waals surface area (Å²) in [6.45, 7) is 0.693. The first-order valence-corrected chi connectivity index (χ1v) is 18.1. The molecule has 7 rings (SSSR count). The fraction of sp³-hybridized carbons (Fsp3) is 0.308. The molecule has 3 aromatic carbocycles. The second-order valence-corrected chi connectivity index (χ2v) is 13.4. The summed E-state index contributed by atoms with van der Waals surface area (Å²) in [5.74, 6) is -3.49. The summed E-state index contributed by atoms with van der Waals surface area (Å²) in [5, 5.41) is 13.5. The Morgan fingerprint density at radius 2 is 1.62 bits per heavy atom. The number of nitrogens with zero attached hydrogens (tertiary/aromatic N) is 4. The summed E-state index contributed by atoms with van der Waals surface area (Å²) in [6, 6.07) is 13.1. The number of carbonyl (C=O) groups is 6. The molecule has 0 aliphatic carbocycles. The molecular weight excluding hydrogens is 767 g/mol. The van der Waals surface area contributed by atoms with Gasteiger partial charge < -0.3 is 24.8 Å². The summed E-state index contributed by atoms with van der Waals surface area (Å²) in [5.41, 5.74) is 1.30. The number of fused-ring (bicyclic) bond motifs is 4. The van der Waals surface area contributed by atoms with Crippen molar-refractivity contribution in [1.82, 2.24) is 35.2 Å². The number of amides is 6. The van der Waals surface area contributed by atoms with Crippen LogP contribution in [0, 0.1) is 0 Å². The topological polar surface area (TPSA) is 192 Å². The van der Waals surface area contributed by atoms with Gasteiger partial charge in [0.15, 0.2) is 12.3 Å². The number of alkyl halides is 3. The van der Waals surface area contributed by atoms with Crippen LogP contribution in [0.25, 0.3) is 27.6 Å². The van der Waals surface area contributed by atoms with Crippen molar-refractivity contribution in [2.24, 2.45) is 7.05 Å². The van der Waals surface area contributed by atoms with E-state index in [1.807, 2.05) is 0 Å². The van der Waals surface area contributed by atoms with Crippen LogP contribution in [0.3, 0.4) is 0 Å². The molecule has 58 heavy (non-hydrogen) atoms. The zero-order valence-electron chi connectivity index (χ0n) is 30.9. The maximum Gasteiger partial charge on any atom is 0.416 e. The summed E-state index contributed by atoms with van der Waals surface area (Å²) in [7, 11) is 1.73. The van der Waals surface area contributed by atoms with E-state index in [1.165, 1.54) is 30.3 Å². The van der Waals surface area contributed by atoms with Gasteiger partial charge >= 0.3 is 6.18 Å². The van der Waals surface area contributed by atoms with Crippen molar-refractivity contribution in [3.05, 3.63) is 89.1 Å². The van der Waals surface area contributed by atoms with Gasteiger partial charge in [0.1, 0.15) is 11.8 Å². The lowest BCUT2D eigenvalue weighted by Gasteiger charge is -2.27. The third kappa shape index (κ3) is 8.12. The molecule has 4 heterocycles. The lowest BCUT2D eigenvalue weighted by atomic mass is 10.0. The van der Waals surface area contributed by atoms with E-state index in [0.717, 1.165) is 22.4 Å². The van der Waals surface area contributed by atoms with Gasteiger partial charge in [-0.3, -0.25) is 48.2 Å². The number of nitrogens with one attached hydrogen (secondary N) is 3. The largest absolute Gasteiger partial charge is 0.483 e. The Bertz CT molecular complexity index is 2440. The number of halogens is 3. The van der Waals surface area contributed by atoms with Gasteiger partial charge in [-0.1, -0.05) is 6.07 Å². The predicted octanol–water partition coefficient (Wildman–Crippen LogP) is 2.90. The number of aromatic nitrogens is 3. The second-order valence-electron chi connectivity index (χ2n) is 13.4. The van der Waals surface area contributed by atoms with Gasteiger partial charge in [0, 0.05) is 54.8 Å². The van der Waals surface area contributed by atoms with Gasteiger partial charge in [0.05, 0.1) is 48.6 Å². The van der Waals surface area contributed by atoms with E-state index < -0.39 is 53.9 Å². The molecular formula is C39H36F3N7O9. The van der Waals surface area contributed by atoms with Crippen LogP contribution in [0.1, 0.15) is 49.5 Å². The van der Waals surface area contributed by atoms with Crippen molar-refractivity contribution in [3.63, 3.8) is 0 Å². The lowest BCUT2D eigenvalue weighted by Crippen LogP contribution is -2.54. The fourth-order valence-electron chi connectivity index (χ4n) is 6.82. The molecule has 2 aliphatic rings. The summed E-state index contributed by atoms with van der Waals surface area (Å²) >= 11 is 0. The third-order valence-electron chi connectivity index (χ3n) is 9.52. The molecule has 2 aromatic heterocycles. The maximum atomic E-state index is 13.2. The molecule has 0 radical (unpaired) electrons. The molecule has 0 bridgehead atoms. The minimum Gasteiger partial charge on any atom is -0.483 e. The number of hydrogen-bond acceptors (Lipinski definition) is 10. The van der Waals surface area contributed by atoms with E-state index in [4.69, 9.17) is 14.2 Å². The first kappa shape index (κ1) is 39.6. The average molecular weight is 804 g/mol. The van der Waals surface area contributed by atoms with Crippen LogP contribution in [-0.2, 0) is 37.1 Å². The molecule has 1 atom stereocenters. The van der Waals surface area contributed by atoms with Crippen LogP contribution in [0.2, 0.25) is 0 Å². The molecule has 1 fully saturated rings. The minimum absolute atomic E-state index is 0.00662. The van der Waals surface area contributed by atoms with Gasteiger partial charge in [-0.05, 0) is 61.0 Å². The fourth-order valence-corrected chi connectivity index (χ4v) is 6.82. The van der Waals surface area contributed by atoms with Crippen molar-refractivity contribution in [2.75, 3.05) is 46.1 Å². The van der Waals surface area contributed by atoms with Gasteiger partial charge in [-0.2, -0.15) is 18.3 Å². The monoisotopic (exact) mass is 803 g/mol. The maximum absolute atomic E-state index is 13.2. The van der Waals surface area contributed by atoms with Crippen LogP contribution < -0.4 is 20.7 Å². The van der Waals surface area contributed by atoms with E-state index in [9.17, 15) is 41.9 Å². The summed E-state index contributed by atoms with van der Waals surface area (Å²) in [4.78, 5) is 76.2. The Morgan fingerprint density at radius 1 is 0.897 bits per heavy atom. The van der Waals surface area contributed by atoms with E-state index in [1.54, 1.807) is 40.7 Å². The van der Waals surface area contributed by atoms with Gasteiger partial charge in [0.2, 0.25) is 11.8 Å². The summed E-state index contributed by atoms with van der Waals surface area (Å²) < 4.78 is 59.4. The standard InChI is InChI=1S/C39H36F3N7O9/c1-47-20-27-26-19-22(5-10-28(26)48(34(27)46-47)24-8-6-23(7-9-24)39(40,41)42)35(52)44-14-16-57-18-17-56-15-13-43-32(51)21-58-30-4-2-3-25-33(30)38(55)49(37(25)54)29-11-12-31(50)45-36(29)53/h2-10,19-20,29H,11-18,21H2,1H3,(H,43,51)(H,44,52)(H,45,50,53). The van der Waals surface area contributed by atoms with E-state index in [-0.39, 0.29) is 75.1 Å². The number of carbonyl (C=O) groups excluding carboxylic acids is 6. The van der Waals surface area contributed by atoms with Crippen molar-refractivity contribution < 1.29 is 56.1 Å². The van der Waals surface area contributed by atoms with Crippen LogP contribution in [0.5, 0.6) is 5.75 Å². The normalized spacial score (nSPS) is 15.6. The zero-order chi connectivity index (χ0) is 41.1. The molecule has 2 aliphatic heterocycles. The van der Waals surface area contributed by atoms with Crippen LogP contribution in [-0.4, -0.2) is 107 Å². The van der Waals surface area contributed by atoms with Crippen LogP contribution in [0.4, 0.5) is 13.2 Å². The van der Waals surface area contributed by atoms with Gasteiger partial charge in [0.25, 0.3) is 23.6 Å². The predicted molar refractivity (Wildman–Crippen MR) is 198 cm³/mol. The average Bonchev–Trinajstić information content (AvgIpc) is 3.80. The lowest BCUT2D eigenvalue weighted by molar-refractivity contribution is -0.138. The Balaban J connectivity index is 0.806.